The van der Waals surface area contributed by atoms with E-state index in [0.29, 0.717) is 18.5 Å². The molecule has 9 heteroatoms. The molecule has 0 amide bonds. The first-order valence-electron chi connectivity index (χ1n) is 9.94. The van der Waals surface area contributed by atoms with Crippen molar-refractivity contribution in [1.29, 1.82) is 0 Å². The fraction of sp³-hybridized carbons (Fsp3) is 0.944. The Hall–Kier alpha value is -0.130. The first-order valence-corrected chi connectivity index (χ1v) is 11.8. The van der Waals surface area contributed by atoms with Gasteiger partial charge < -0.3 is 15.4 Å². The number of hydrogen-bond acceptors (Lipinski definition) is 5. The Morgan fingerprint density at radius 1 is 1.19 bits per heavy atom. The maximum atomic E-state index is 11.5. The van der Waals surface area contributed by atoms with E-state index in [1.54, 1.807) is 7.05 Å². The van der Waals surface area contributed by atoms with Crippen LogP contribution < -0.4 is 10.6 Å². The van der Waals surface area contributed by atoms with E-state index in [4.69, 9.17) is 4.74 Å². The lowest BCUT2D eigenvalue weighted by molar-refractivity contribution is 0.105. The lowest BCUT2D eigenvalue weighted by Gasteiger charge is -2.30. The largest absolute Gasteiger partial charge is 0.382 e. The Morgan fingerprint density at radius 3 is 2.44 bits per heavy atom. The van der Waals surface area contributed by atoms with Crippen molar-refractivity contribution in [2.45, 2.75) is 39.0 Å². The van der Waals surface area contributed by atoms with Crippen molar-refractivity contribution in [3.05, 3.63) is 0 Å². The quantitative estimate of drug-likeness (QED) is 0.209. The number of halogens is 1. The second kappa shape index (κ2) is 12.4. The van der Waals surface area contributed by atoms with E-state index < -0.39 is 9.84 Å². The monoisotopic (exact) mass is 516 g/mol. The van der Waals surface area contributed by atoms with Gasteiger partial charge in [-0.1, -0.05) is 12.8 Å². The van der Waals surface area contributed by atoms with E-state index in [1.807, 2.05) is 6.92 Å². The smallest absolute Gasteiger partial charge is 0.191 e. The van der Waals surface area contributed by atoms with Gasteiger partial charge in [-0.05, 0) is 31.6 Å². The van der Waals surface area contributed by atoms with Gasteiger partial charge in [-0.15, -0.1) is 24.0 Å². The minimum Gasteiger partial charge on any atom is -0.382 e. The molecule has 7 nitrogen and oxygen atoms in total. The van der Waals surface area contributed by atoms with Crippen LogP contribution in [0.4, 0.5) is 0 Å². The number of rotatable bonds is 9. The fourth-order valence-electron chi connectivity index (χ4n) is 3.87. The van der Waals surface area contributed by atoms with E-state index in [2.05, 4.69) is 20.5 Å². The maximum absolute atomic E-state index is 11.5. The molecule has 1 saturated heterocycles. The number of hydrogen-bond donors (Lipinski definition) is 2. The molecule has 2 aliphatic rings. The van der Waals surface area contributed by atoms with Crippen LogP contribution in [0.1, 0.15) is 39.0 Å². The Kier molecular flexibility index (Phi) is 11.5. The van der Waals surface area contributed by atoms with Gasteiger partial charge in [0.05, 0.1) is 11.5 Å². The summed E-state index contributed by atoms with van der Waals surface area (Å²) < 4.78 is 28.5. The molecule has 1 saturated carbocycles. The number of sulfone groups is 1. The molecule has 0 spiro atoms. The lowest BCUT2D eigenvalue weighted by atomic mass is 9.83. The molecule has 2 rings (SSSR count). The van der Waals surface area contributed by atoms with Gasteiger partial charge in [0.2, 0.25) is 0 Å². The van der Waals surface area contributed by atoms with Gasteiger partial charge in [0.1, 0.15) is 0 Å². The third kappa shape index (κ3) is 8.82. The third-order valence-electron chi connectivity index (χ3n) is 5.66. The standard InChI is InChI=1S/C18H36N4O3S.HI/c1-3-25-13-8-18(6-4-5-7-18)16-21-17(19-2)20-9-10-22-11-14-26(23,24)15-12-22;/h3-16H2,1-2H3,(H2,19,20,21);1H. The second-order valence-electron chi connectivity index (χ2n) is 7.50. The van der Waals surface area contributed by atoms with Crippen molar-refractivity contribution < 1.29 is 13.2 Å². The molecule has 1 aliphatic heterocycles. The highest BCUT2D eigenvalue weighted by molar-refractivity contribution is 14.0. The van der Waals surface area contributed by atoms with E-state index >= 15 is 0 Å². The van der Waals surface area contributed by atoms with Gasteiger partial charge in [0.25, 0.3) is 0 Å². The molecule has 0 radical (unpaired) electrons. The molecule has 0 bridgehead atoms. The van der Waals surface area contributed by atoms with Crippen LogP contribution >= 0.6 is 24.0 Å². The summed E-state index contributed by atoms with van der Waals surface area (Å²) in [5, 5.41) is 6.86. The van der Waals surface area contributed by atoms with E-state index in [-0.39, 0.29) is 35.5 Å². The molecule has 27 heavy (non-hydrogen) atoms. The van der Waals surface area contributed by atoms with Crippen LogP contribution in [0.5, 0.6) is 0 Å². The number of aliphatic imine (C=N–C) groups is 1. The van der Waals surface area contributed by atoms with Crippen LogP contribution in [-0.4, -0.2) is 83.8 Å². The topological polar surface area (TPSA) is 83.0 Å². The Morgan fingerprint density at radius 2 is 1.85 bits per heavy atom. The van der Waals surface area contributed by atoms with E-state index in [0.717, 1.165) is 45.2 Å². The SMILES string of the molecule is CCOCCC1(CNC(=NC)NCCN2CCS(=O)(=O)CC2)CCCC1.I. The summed E-state index contributed by atoms with van der Waals surface area (Å²) in [7, 11) is -1.01. The zero-order valence-electron chi connectivity index (χ0n) is 16.8. The minimum atomic E-state index is -2.80. The summed E-state index contributed by atoms with van der Waals surface area (Å²) in [6, 6.07) is 0. The van der Waals surface area contributed by atoms with E-state index in [1.165, 1.54) is 25.7 Å². The Bertz CT molecular complexity index is 537. The zero-order valence-corrected chi connectivity index (χ0v) is 20.0. The van der Waals surface area contributed by atoms with Crippen molar-refractivity contribution in [3.63, 3.8) is 0 Å². The van der Waals surface area contributed by atoms with Crippen LogP contribution in [0.25, 0.3) is 0 Å². The highest BCUT2D eigenvalue weighted by Crippen LogP contribution is 2.40. The molecule has 1 heterocycles. The molecule has 0 aromatic heterocycles. The van der Waals surface area contributed by atoms with Gasteiger partial charge in [0, 0.05) is 53.0 Å². The van der Waals surface area contributed by atoms with E-state index in [9.17, 15) is 8.42 Å². The fourth-order valence-corrected chi connectivity index (χ4v) is 5.15. The zero-order chi connectivity index (χ0) is 18.9. The van der Waals surface area contributed by atoms with Crippen molar-refractivity contribution in [3.8, 4) is 0 Å². The van der Waals surface area contributed by atoms with Gasteiger partial charge in [0.15, 0.2) is 15.8 Å². The van der Waals surface area contributed by atoms with Crippen molar-refractivity contribution in [2.75, 3.05) is 64.5 Å². The third-order valence-corrected chi connectivity index (χ3v) is 7.27. The first kappa shape index (κ1) is 24.9. The summed E-state index contributed by atoms with van der Waals surface area (Å²) >= 11 is 0. The van der Waals surface area contributed by atoms with Gasteiger partial charge >= 0.3 is 0 Å². The normalized spacial score (nSPS) is 22.2. The number of nitrogens with one attached hydrogen (secondary N) is 2. The van der Waals surface area contributed by atoms with Gasteiger partial charge in [-0.2, -0.15) is 0 Å². The molecule has 1 aliphatic carbocycles. The predicted molar refractivity (Wildman–Crippen MR) is 122 cm³/mol. The van der Waals surface area contributed by atoms with Crippen LogP contribution in [0.3, 0.4) is 0 Å². The highest BCUT2D eigenvalue weighted by atomic mass is 127. The second-order valence-corrected chi connectivity index (χ2v) is 9.80. The molecule has 0 aromatic carbocycles. The predicted octanol–water partition coefficient (Wildman–Crippen LogP) is 1.49. The molecule has 0 atom stereocenters. The summed E-state index contributed by atoms with van der Waals surface area (Å²) in [4.78, 5) is 6.53. The first-order chi connectivity index (χ1) is 12.5. The van der Waals surface area contributed by atoms with Crippen molar-refractivity contribution in [1.82, 2.24) is 15.5 Å². The van der Waals surface area contributed by atoms with Crippen molar-refractivity contribution in [2.24, 2.45) is 10.4 Å². The van der Waals surface area contributed by atoms with Crippen LogP contribution in [0, 0.1) is 5.41 Å². The minimum absolute atomic E-state index is 0. The average Bonchev–Trinajstić information content (AvgIpc) is 3.08. The molecule has 0 unspecified atom stereocenters. The van der Waals surface area contributed by atoms with Gasteiger partial charge in [-0.25, -0.2) is 8.42 Å². The van der Waals surface area contributed by atoms with Crippen LogP contribution in [0.15, 0.2) is 4.99 Å². The molecule has 0 aromatic rings. The summed E-state index contributed by atoms with van der Waals surface area (Å²) in [6.07, 6.45) is 6.22. The summed E-state index contributed by atoms with van der Waals surface area (Å²) in [5.41, 5.74) is 0.327. The summed E-state index contributed by atoms with van der Waals surface area (Å²) in [5.74, 6) is 1.39. The molecule has 160 valence electrons. The van der Waals surface area contributed by atoms with Crippen molar-refractivity contribution >= 4 is 39.8 Å². The summed E-state index contributed by atoms with van der Waals surface area (Å²) in [6.45, 7) is 7.47. The molecule has 2 N–H and O–H groups in total. The number of ether oxygens (including phenoxy) is 1. The average molecular weight is 516 g/mol. The highest BCUT2D eigenvalue weighted by Gasteiger charge is 2.33. The van der Waals surface area contributed by atoms with Gasteiger partial charge in [-0.3, -0.25) is 9.89 Å². The molecular weight excluding hydrogens is 479 g/mol. The molecular formula is C18H37IN4O3S. The Labute approximate surface area is 182 Å². The maximum Gasteiger partial charge on any atom is 0.191 e. The number of guanidine groups is 1. The Balaban J connectivity index is 0.00000364. The van der Waals surface area contributed by atoms with Crippen LogP contribution in [-0.2, 0) is 14.6 Å². The lowest BCUT2D eigenvalue weighted by Crippen LogP contribution is -2.47. The molecule has 2 fully saturated rings. The number of nitrogens with zero attached hydrogens (tertiary/aromatic N) is 2. The van der Waals surface area contributed by atoms with Crippen LogP contribution in [0.2, 0.25) is 0 Å².